The van der Waals surface area contributed by atoms with E-state index >= 15 is 0 Å². The zero-order valence-corrected chi connectivity index (χ0v) is 21.5. The number of ether oxygens (including phenoxy) is 1. The van der Waals surface area contributed by atoms with E-state index in [0.29, 0.717) is 53.1 Å². The van der Waals surface area contributed by atoms with Crippen LogP contribution >= 0.6 is 11.6 Å². The second-order valence-corrected chi connectivity index (χ2v) is 9.71. The standard InChI is InChI=1S/C27H24ClF2N5O3/c1-15-12-32-20(19-5-8-31-26(34-19)27(37)6-3-4-7-27)11-22(15)35-16(2)9-23(24(28)25(35)36)38-14-21-18(30)10-17(29)13-33-21/h5,8-13,37H,3-4,6-7,14H2,1-2H3. The Bertz CT molecular complexity index is 1590. The van der Waals surface area contributed by atoms with Crippen molar-refractivity contribution in [1.82, 2.24) is 24.5 Å². The Labute approximate surface area is 222 Å². The molecule has 0 radical (unpaired) electrons. The van der Waals surface area contributed by atoms with E-state index in [1.54, 1.807) is 37.5 Å². The summed E-state index contributed by atoms with van der Waals surface area (Å²) in [7, 11) is 0. The Hall–Kier alpha value is -3.76. The van der Waals surface area contributed by atoms with Crippen molar-refractivity contribution in [1.29, 1.82) is 0 Å². The fraction of sp³-hybridized carbons (Fsp3) is 0.296. The molecule has 4 aromatic heterocycles. The largest absolute Gasteiger partial charge is 0.485 e. The molecule has 11 heteroatoms. The van der Waals surface area contributed by atoms with Crippen molar-refractivity contribution in [2.24, 2.45) is 0 Å². The average Bonchev–Trinajstić information content (AvgIpc) is 3.35. The molecular formula is C27H24ClF2N5O3. The number of hydrogen-bond acceptors (Lipinski definition) is 7. The predicted molar refractivity (Wildman–Crippen MR) is 136 cm³/mol. The van der Waals surface area contributed by atoms with Gasteiger partial charge >= 0.3 is 0 Å². The first kappa shape index (κ1) is 25.9. The van der Waals surface area contributed by atoms with E-state index in [9.17, 15) is 18.7 Å². The van der Waals surface area contributed by atoms with Gasteiger partial charge in [-0.1, -0.05) is 11.6 Å². The summed E-state index contributed by atoms with van der Waals surface area (Å²) in [5, 5.41) is 10.7. The summed E-state index contributed by atoms with van der Waals surface area (Å²) >= 11 is 6.37. The lowest BCUT2D eigenvalue weighted by atomic mass is 10.0. The van der Waals surface area contributed by atoms with E-state index in [1.165, 1.54) is 4.57 Å². The summed E-state index contributed by atoms with van der Waals surface area (Å²) < 4.78 is 34.1. The number of aliphatic hydroxyl groups is 1. The number of nitrogens with zero attached hydrogens (tertiary/aromatic N) is 5. The van der Waals surface area contributed by atoms with Crippen molar-refractivity contribution in [3.8, 4) is 22.8 Å². The topological polar surface area (TPSA) is 103 Å². The van der Waals surface area contributed by atoms with Crippen LogP contribution in [-0.2, 0) is 12.2 Å². The van der Waals surface area contributed by atoms with Crippen molar-refractivity contribution >= 4 is 11.6 Å². The number of halogens is 3. The fourth-order valence-electron chi connectivity index (χ4n) is 4.58. The van der Waals surface area contributed by atoms with Crippen LogP contribution in [0.15, 0.2) is 47.7 Å². The summed E-state index contributed by atoms with van der Waals surface area (Å²) in [5.41, 5.74) is 1.06. The van der Waals surface area contributed by atoms with E-state index in [2.05, 4.69) is 19.9 Å². The van der Waals surface area contributed by atoms with Gasteiger partial charge in [-0.3, -0.25) is 19.3 Å². The van der Waals surface area contributed by atoms with Crippen molar-refractivity contribution in [2.75, 3.05) is 0 Å². The number of aryl methyl sites for hydroxylation is 2. The van der Waals surface area contributed by atoms with Crippen LogP contribution in [-0.4, -0.2) is 29.6 Å². The van der Waals surface area contributed by atoms with Crippen LogP contribution in [0.25, 0.3) is 17.1 Å². The lowest BCUT2D eigenvalue weighted by molar-refractivity contribution is 0.0352. The molecule has 1 aliphatic carbocycles. The summed E-state index contributed by atoms with van der Waals surface area (Å²) in [6, 6.07) is 5.69. The molecule has 1 fully saturated rings. The summed E-state index contributed by atoms with van der Waals surface area (Å²) in [6.07, 6.45) is 7.14. The Morgan fingerprint density at radius 3 is 2.58 bits per heavy atom. The smallest absolute Gasteiger partial charge is 0.277 e. The van der Waals surface area contributed by atoms with Gasteiger partial charge in [0.25, 0.3) is 5.56 Å². The molecule has 1 saturated carbocycles. The van der Waals surface area contributed by atoms with Crippen molar-refractivity contribution in [3.63, 3.8) is 0 Å². The third kappa shape index (κ3) is 4.89. The Morgan fingerprint density at radius 1 is 1.08 bits per heavy atom. The Kier molecular flexibility index (Phi) is 6.93. The number of rotatable bonds is 6. The van der Waals surface area contributed by atoms with Crippen LogP contribution in [0.3, 0.4) is 0 Å². The van der Waals surface area contributed by atoms with E-state index in [-0.39, 0.29) is 23.1 Å². The molecule has 0 atom stereocenters. The SMILES string of the molecule is Cc1cnc(-c2ccnc(C3(O)CCCC3)n2)cc1-n1c(C)cc(OCc2ncc(F)cc2F)c(Cl)c1=O. The Morgan fingerprint density at radius 2 is 1.84 bits per heavy atom. The Balaban J connectivity index is 1.49. The second-order valence-electron chi connectivity index (χ2n) is 9.34. The molecule has 4 aromatic rings. The summed E-state index contributed by atoms with van der Waals surface area (Å²) in [4.78, 5) is 30.4. The maximum atomic E-state index is 13.9. The number of hydrogen-bond donors (Lipinski definition) is 1. The number of aromatic nitrogens is 5. The average molecular weight is 540 g/mol. The van der Waals surface area contributed by atoms with Gasteiger partial charge in [0.15, 0.2) is 11.6 Å². The van der Waals surface area contributed by atoms with Gasteiger partial charge in [-0.05, 0) is 57.2 Å². The van der Waals surface area contributed by atoms with Gasteiger partial charge in [-0.2, -0.15) is 0 Å². The van der Waals surface area contributed by atoms with Crippen LogP contribution in [0, 0.1) is 25.5 Å². The zero-order chi connectivity index (χ0) is 27.0. The van der Waals surface area contributed by atoms with Crippen LogP contribution < -0.4 is 10.3 Å². The molecule has 0 amide bonds. The van der Waals surface area contributed by atoms with E-state index in [0.717, 1.165) is 19.0 Å². The number of pyridine rings is 3. The summed E-state index contributed by atoms with van der Waals surface area (Å²) in [6.45, 7) is 3.18. The van der Waals surface area contributed by atoms with Crippen LogP contribution in [0.2, 0.25) is 5.02 Å². The zero-order valence-electron chi connectivity index (χ0n) is 20.7. The molecule has 4 heterocycles. The van der Waals surface area contributed by atoms with E-state index in [4.69, 9.17) is 16.3 Å². The highest BCUT2D eigenvalue weighted by Gasteiger charge is 2.36. The molecule has 196 valence electrons. The fourth-order valence-corrected chi connectivity index (χ4v) is 4.78. The molecule has 1 N–H and O–H groups in total. The van der Waals surface area contributed by atoms with Gasteiger partial charge in [-0.15, -0.1) is 0 Å². The van der Waals surface area contributed by atoms with Crippen molar-refractivity contribution in [3.05, 3.63) is 92.6 Å². The minimum absolute atomic E-state index is 0.0492. The first-order chi connectivity index (χ1) is 18.2. The lowest BCUT2D eigenvalue weighted by Crippen LogP contribution is -2.24. The molecule has 0 aromatic carbocycles. The molecule has 8 nitrogen and oxygen atoms in total. The van der Waals surface area contributed by atoms with Gasteiger partial charge < -0.3 is 9.84 Å². The highest BCUT2D eigenvalue weighted by molar-refractivity contribution is 6.31. The third-order valence-corrected chi connectivity index (χ3v) is 6.98. The van der Waals surface area contributed by atoms with Crippen LogP contribution in [0.1, 0.15) is 48.5 Å². The van der Waals surface area contributed by atoms with Crippen LogP contribution in [0.4, 0.5) is 8.78 Å². The molecule has 0 spiro atoms. The molecule has 38 heavy (non-hydrogen) atoms. The quantitative estimate of drug-likeness (QED) is 0.369. The van der Waals surface area contributed by atoms with E-state index in [1.807, 2.05) is 6.92 Å². The minimum atomic E-state index is -1.05. The lowest BCUT2D eigenvalue weighted by Gasteiger charge is -2.20. The molecular weight excluding hydrogens is 516 g/mol. The molecule has 1 aliphatic rings. The maximum absolute atomic E-state index is 13.9. The first-order valence-electron chi connectivity index (χ1n) is 12.0. The maximum Gasteiger partial charge on any atom is 0.277 e. The molecule has 5 rings (SSSR count). The van der Waals surface area contributed by atoms with Gasteiger partial charge in [0, 0.05) is 30.2 Å². The highest BCUT2D eigenvalue weighted by Crippen LogP contribution is 2.37. The van der Waals surface area contributed by atoms with Gasteiger partial charge in [0.05, 0.1) is 23.3 Å². The third-order valence-electron chi connectivity index (χ3n) is 6.63. The molecule has 0 saturated heterocycles. The highest BCUT2D eigenvalue weighted by atomic mass is 35.5. The minimum Gasteiger partial charge on any atom is -0.485 e. The molecule has 0 unspecified atom stereocenters. The second kappa shape index (κ2) is 10.2. The van der Waals surface area contributed by atoms with Crippen molar-refractivity contribution in [2.45, 2.75) is 51.7 Å². The van der Waals surface area contributed by atoms with Crippen LogP contribution in [0.5, 0.6) is 5.75 Å². The van der Waals surface area contributed by atoms with Crippen molar-refractivity contribution < 1.29 is 18.6 Å². The summed E-state index contributed by atoms with van der Waals surface area (Å²) in [5.74, 6) is -1.25. The normalized spacial score (nSPS) is 14.6. The van der Waals surface area contributed by atoms with Gasteiger partial charge in [-0.25, -0.2) is 18.7 Å². The van der Waals surface area contributed by atoms with Gasteiger partial charge in [0.2, 0.25) is 0 Å². The van der Waals surface area contributed by atoms with E-state index < -0.39 is 22.8 Å². The predicted octanol–water partition coefficient (Wildman–Crippen LogP) is 4.97. The molecule has 0 bridgehead atoms. The van der Waals surface area contributed by atoms with Gasteiger partial charge in [0.1, 0.15) is 34.5 Å². The monoisotopic (exact) mass is 539 g/mol. The first-order valence-corrected chi connectivity index (χ1v) is 12.4. The molecule has 0 aliphatic heterocycles.